The quantitative estimate of drug-likeness (QED) is 0.911. The lowest BCUT2D eigenvalue weighted by atomic mass is 10.2. The van der Waals surface area contributed by atoms with E-state index >= 15 is 0 Å². The van der Waals surface area contributed by atoms with Gasteiger partial charge in [-0.3, -0.25) is 4.79 Å². The van der Waals surface area contributed by atoms with Gasteiger partial charge in [0.2, 0.25) is 10.0 Å². The third kappa shape index (κ3) is 2.62. The van der Waals surface area contributed by atoms with Crippen LogP contribution in [-0.4, -0.2) is 36.4 Å². The third-order valence-electron chi connectivity index (χ3n) is 3.11. The van der Waals surface area contributed by atoms with Gasteiger partial charge in [0.1, 0.15) is 11.9 Å². The molecule has 1 N–H and O–H groups in total. The van der Waals surface area contributed by atoms with E-state index in [0.29, 0.717) is 12.0 Å². The molecule has 5 nitrogen and oxygen atoms in total. The lowest BCUT2D eigenvalue weighted by molar-refractivity contribution is -0.140. The van der Waals surface area contributed by atoms with E-state index in [1.54, 1.807) is 6.92 Å². The van der Waals surface area contributed by atoms with Crippen molar-refractivity contribution >= 4 is 16.0 Å². The predicted octanol–water partition coefficient (Wildman–Crippen LogP) is 1.37. The molecule has 0 amide bonds. The first-order valence-electron chi connectivity index (χ1n) is 5.84. The molecule has 104 valence electrons. The maximum absolute atomic E-state index is 13.3. The van der Waals surface area contributed by atoms with Crippen molar-refractivity contribution in [3.8, 4) is 0 Å². The third-order valence-corrected chi connectivity index (χ3v) is 5.00. The number of rotatable bonds is 3. The summed E-state index contributed by atoms with van der Waals surface area (Å²) in [6.07, 6.45) is 0.771. The fourth-order valence-electron chi connectivity index (χ4n) is 2.26. The summed E-state index contributed by atoms with van der Waals surface area (Å²) in [5.74, 6) is -1.82. The monoisotopic (exact) mass is 287 g/mol. The number of sulfonamides is 1. The lowest BCUT2D eigenvalue weighted by Crippen LogP contribution is -2.40. The van der Waals surface area contributed by atoms with E-state index in [0.717, 1.165) is 10.4 Å². The zero-order valence-corrected chi connectivity index (χ0v) is 11.2. The van der Waals surface area contributed by atoms with Crippen LogP contribution in [0.4, 0.5) is 4.39 Å². The molecule has 1 fully saturated rings. The van der Waals surface area contributed by atoms with Crippen LogP contribution in [0.5, 0.6) is 0 Å². The normalized spacial score (nSPS) is 20.6. The van der Waals surface area contributed by atoms with Crippen molar-refractivity contribution in [2.45, 2.75) is 30.7 Å². The number of hydrogen-bond acceptors (Lipinski definition) is 3. The maximum atomic E-state index is 13.3. The van der Waals surface area contributed by atoms with Crippen LogP contribution in [0.25, 0.3) is 0 Å². The highest BCUT2D eigenvalue weighted by molar-refractivity contribution is 7.89. The average molecular weight is 287 g/mol. The number of carboxylic acids is 1. The van der Waals surface area contributed by atoms with Gasteiger partial charge in [0.05, 0.1) is 4.90 Å². The molecule has 0 saturated carbocycles. The average Bonchev–Trinajstić information content (AvgIpc) is 2.76. The summed E-state index contributed by atoms with van der Waals surface area (Å²) >= 11 is 0. The van der Waals surface area contributed by atoms with E-state index in [4.69, 9.17) is 5.11 Å². The molecule has 0 radical (unpaired) electrons. The highest BCUT2D eigenvalue weighted by atomic mass is 32.2. The first kappa shape index (κ1) is 14.0. The first-order valence-corrected chi connectivity index (χ1v) is 7.28. The Morgan fingerprint density at radius 3 is 2.68 bits per heavy atom. The van der Waals surface area contributed by atoms with Gasteiger partial charge in [-0.1, -0.05) is 0 Å². The van der Waals surface area contributed by atoms with Crippen LogP contribution in [0.3, 0.4) is 0 Å². The van der Waals surface area contributed by atoms with Gasteiger partial charge in [-0.15, -0.1) is 0 Å². The topological polar surface area (TPSA) is 74.7 Å². The molecular weight excluding hydrogens is 273 g/mol. The second-order valence-electron chi connectivity index (χ2n) is 4.58. The van der Waals surface area contributed by atoms with Crippen molar-refractivity contribution in [1.29, 1.82) is 0 Å². The molecule has 0 spiro atoms. The SMILES string of the molecule is Cc1cc(F)cc(S(=O)(=O)N2CCCC2C(=O)O)c1. The molecule has 1 unspecified atom stereocenters. The number of hydrogen-bond donors (Lipinski definition) is 1. The Morgan fingerprint density at radius 1 is 1.42 bits per heavy atom. The maximum Gasteiger partial charge on any atom is 0.322 e. The number of benzene rings is 1. The van der Waals surface area contributed by atoms with Crippen LogP contribution in [0.2, 0.25) is 0 Å². The van der Waals surface area contributed by atoms with Crippen LogP contribution >= 0.6 is 0 Å². The number of aliphatic carboxylic acids is 1. The molecule has 1 aliphatic rings. The van der Waals surface area contributed by atoms with E-state index in [1.807, 2.05) is 0 Å². The van der Waals surface area contributed by atoms with Gasteiger partial charge in [-0.05, 0) is 43.5 Å². The smallest absolute Gasteiger partial charge is 0.322 e. The summed E-state index contributed by atoms with van der Waals surface area (Å²) < 4.78 is 38.9. The molecule has 1 heterocycles. The number of carboxylic acid groups (broad SMARTS) is 1. The lowest BCUT2D eigenvalue weighted by Gasteiger charge is -2.21. The van der Waals surface area contributed by atoms with Crippen molar-refractivity contribution in [3.05, 3.63) is 29.6 Å². The summed E-state index contributed by atoms with van der Waals surface area (Å²) in [5, 5.41) is 9.02. The molecule has 7 heteroatoms. The molecule has 1 atom stereocenters. The predicted molar refractivity (Wildman–Crippen MR) is 65.7 cm³/mol. The van der Waals surface area contributed by atoms with Gasteiger partial charge < -0.3 is 5.11 Å². The number of aryl methyl sites for hydroxylation is 1. The summed E-state index contributed by atoms with van der Waals surface area (Å²) in [6, 6.07) is 2.42. The molecular formula is C12H14FNO4S. The highest BCUT2D eigenvalue weighted by Gasteiger charge is 2.39. The fourth-order valence-corrected chi connectivity index (χ4v) is 4.03. The Morgan fingerprint density at radius 2 is 2.11 bits per heavy atom. The molecule has 2 rings (SSSR count). The summed E-state index contributed by atoms with van der Waals surface area (Å²) in [5.41, 5.74) is 0.477. The standard InChI is InChI=1S/C12H14FNO4S/c1-8-5-9(13)7-10(6-8)19(17,18)14-4-2-3-11(14)12(15)16/h5-7,11H,2-4H2,1H3,(H,15,16). The van der Waals surface area contributed by atoms with E-state index in [2.05, 4.69) is 0 Å². The van der Waals surface area contributed by atoms with Gasteiger partial charge >= 0.3 is 5.97 Å². The second kappa shape index (κ2) is 4.90. The van der Waals surface area contributed by atoms with E-state index in [9.17, 15) is 17.6 Å². The zero-order valence-electron chi connectivity index (χ0n) is 10.3. The van der Waals surface area contributed by atoms with Crippen LogP contribution in [0.1, 0.15) is 18.4 Å². The van der Waals surface area contributed by atoms with Gasteiger partial charge in [0.25, 0.3) is 0 Å². The minimum Gasteiger partial charge on any atom is -0.480 e. The van der Waals surface area contributed by atoms with E-state index in [1.165, 1.54) is 12.1 Å². The van der Waals surface area contributed by atoms with Gasteiger partial charge in [-0.25, -0.2) is 12.8 Å². The molecule has 1 aromatic rings. The summed E-state index contributed by atoms with van der Waals surface area (Å²) in [7, 11) is -3.97. The Hall–Kier alpha value is -1.47. The number of halogens is 1. The molecule has 1 aliphatic heterocycles. The highest BCUT2D eigenvalue weighted by Crippen LogP contribution is 2.27. The van der Waals surface area contributed by atoms with Crippen molar-refractivity contribution in [2.75, 3.05) is 6.54 Å². The molecule has 1 aromatic carbocycles. The molecule has 1 saturated heterocycles. The van der Waals surface area contributed by atoms with Crippen molar-refractivity contribution in [1.82, 2.24) is 4.31 Å². The summed E-state index contributed by atoms with van der Waals surface area (Å²) in [4.78, 5) is 10.8. The van der Waals surface area contributed by atoms with Crippen molar-refractivity contribution < 1.29 is 22.7 Å². The van der Waals surface area contributed by atoms with E-state index in [-0.39, 0.29) is 17.9 Å². The minimum atomic E-state index is -3.97. The second-order valence-corrected chi connectivity index (χ2v) is 6.47. The van der Waals surface area contributed by atoms with Crippen LogP contribution in [0, 0.1) is 12.7 Å². The minimum absolute atomic E-state index is 0.148. The Bertz CT molecular complexity index is 594. The molecule has 19 heavy (non-hydrogen) atoms. The summed E-state index contributed by atoms with van der Waals surface area (Å²) in [6.45, 7) is 1.73. The molecule has 0 aliphatic carbocycles. The van der Waals surface area contributed by atoms with Gasteiger partial charge in [-0.2, -0.15) is 4.31 Å². The number of nitrogens with zero attached hydrogens (tertiary/aromatic N) is 1. The zero-order chi connectivity index (χ0) is 14.2. The van der Waals surface area contributed by atoms with Crippen LogP contribution in [-0.2, 0) is 14.8 Å². The Balaban J connectivity index is 2.44. The van der Waals surface area contributed by atoms with Crippen molar-refractivity contribution in [3.63, 3.8) is 0 Å². The Kier molecular flexibility index (Phi) is 3.60. The largest absolute Gasteiger partial charge is 0.480 e. The van der Waals surface area contributed by atoms with Gasteiger partial charge in [0, 0.05) is 6.54 Å². The van der Waals surface area contributed by atoms with Crippen LogP contribution in [0.15, 0.2) is 23.1 Å². The molecule has 0 aromatic heterocycles. The first-order chi connectivity index (χ1) is 8.82. The fraction of sp³-hybridized carbons (Fsp3) is 0.417. The van der Waals surface area contributed by atoms with Crippen molar-refractivity contribution in [2.24, 2.45) is 0 Å². The van der Waals surface area contributed by atoms with Gasteiger partial charge in [0.15, 0.2) is 0 Å². The Labute approximate surface area is 110 Å². The van der Waals surface area contributed by atoms with E-state index < -0.39 is 27.9 Å². The van der Waals surface area contributed by atoms with Crippen LogP contribution < -0.4 is 0 Å². The molecule has 0 bridgehead atoms. The number of carbonyl (C=O) groups is 1.